The SMILES string of the molecule is Cc1cc([N+](=O)[O-])c(CC(F)(F)F)cc1NC(=O)C1(C)CC([Si](C)(C)C)N=N1. The number of benzene rings is 1. The third-order valence-corrected chi connectivity index (χ3v) is 7.08. The number of carbonyl (C=O) groups excluding carboxylic acids is 1. The molecule has 2 unspecified atom stereocenters. The standard InChI is InChI=1S/C17H23F3N4O3Si/c1-10-6-13(24(26)27)11(8-17(18,19)20)7-12(10)21-15(25)16(2)9-14(22-23-16)28(3,4)5/h6-7,14H,8-9H2,1-5H3,(H,21,25). The maximum Gasteiger partial charge on any atom is 0.393 e. The smallest absolute Gasteiger partial charge is 0.324 e. The van der Waals surface area contributed by atoms with Gasteiger partial charge < -0.3 is 5.32 Å². The fourth-order valence-electron chi connectivity index (χ4n) is 2.93. The number of nitrogens with zero attached hydrogens (tertiary/aromatic N) is 3. The Bertz CT molecular complexity index is 836. The summed E-state index contributed by atoms with van der Waals surface area (Å²) in [5.41, 5.74) is -1.88. The molecular formula is C17H23F3N4O3Si. The highest BCUT2D eigenvalue weighted by Crippen LogP contribution is 2.35. The van der Waals surface area contributed by atoms with Gasteiger partial charge in [0, 0.05) is 23.7 Å². The number of aryl methyl sites for hydroxylation is 1. The molecule has 0 saturated heterocycles. The van der Waals surface area contributed by atoms with Crippen molar-refractivity contribution in [2.75, 3.05) is 5.32 Å². The van der Waals surface area contributed by atoms with E-state index >= 15 is 0 Å². The number of carbonyl (C=O) groups is 1. The van der Waals surface area contributed by atoms with Gasteiger partial charge in [0.1, 0.15) is 0 Å². The predicted molar refractivity (Wildman–Crippen MR) is 101 cm³/mol. The van der Waals surface area contributed by atoms with Gasteiger partial charge in [-0.05, 0) is 25.5 Å². The number of nitro benzene ring substituents is 1. The van der Waals surface area contributed by atoms with Crippen molar-refractivity contribution in [3.63, 3.8) is 0 Å². The number of nitrogens with one attached hydrogen (secondary N) is 1. The fraction of sp³-hybridized carbons (Fsp3) is 0.588. The zero-order chi connectivity index (χ0) is 21.5. The lowest BCUT2D eigenvalue weighted by Gasteiger charge is -2.25. The van der Waals surface area contributed by atoms with Crippen molar-refractivity contribution in [1.82, 2.24) is 0 Å². The highest BCUT2D eigenvalue weighted by molar-refractivity contribution is 6.77. The van der Waals surface area contributed by atoms with Crippen LogP contribution in [-0.4, -0.2) is 36.3 Å². The van der Waals surface area contributed by atoms with Crippen LogP contribution in [-0.2, 0) is 11.2 Å². The van der Waals surface area contributed by atoms with Crippen LogP contribution >= 0.6 is 0 Å². The summed E-state index contributed by atoms with van der Waals surface area (Å²) in [6, 6.07) is 2.06. The minimum atomic E-state index is -4.61. The summed E-state index contributed by atoms with van der Waals surface area (Å²) in [5.74, 6) is -0.494. The third-order valence-electron chi connectivity index (χ3n) is 4.76. The Kier molecular flexibility index (Phi) is 5.70. The van der Waals surface area contributed by atoms with E-state index in [1.165, 1.54) is 6.92 Å². The van der Waals surface area contributed by atoms with Crippen LogP contribution < -0.4 is 5.32 Å². The Labute approximate surface area is 161 Å². The quantitative estimate of drug-likeness (QED) is 0.424. The van der Waals surface area contributed by atoms with E-state index in [9.17, 15) is 28.1 Å². The fourth-order valence-corrected chi connectivity index (χ4v) is 4.34. The largest absolute Gasteiger partial charge is 0.393 e. The molecule has 0 fully saturated rings. The monoisotopic (exact) mass is 416 g/mol. The molecular weight excluding hydrogens is 393 g/mol. The lowest BCUT2D eigenvalue weighted by molar-refractivity contribution is -0.386. The molecule has 1 aromatic carbocycles. The highest BCUT2D eigenvalue weighted by atomic mass is 28.3. The molecule has 1 aromatic rings. The molecule has 0 aromatic heterocycles. The first-order valence-electron chi connectivity index (χ1n) is 8.70. The second-order valence-electron chi connectivity index (χ2n) is 8.37. The normalized spacial score (nSPS) is 22.4. The van der Waals surface area contributed by atoms with Crippen molar-refractivity contribution in [3.8, 4) is 0 Å². The van der Waals surface area contributed by atoms with Crippen LogP contribution in [0.25, 0.3) is 0 Å². The molecule has 7 nitrogen and oxygen atoms in total. The molecule has 1 aliphatic rings. The van der Waals surface area contributed by atoms with E-state index < -0.39 is 48.3 Å². The van der Waals surface area contributed by atoms with Crippen LogP contribution in [0.1, 0.15) is 24.5 Å². The molecule has 154 valence electrons. The number of nitro groups is 1. The molecule has 1 aliphatic heterocycles. The maximum absolute atomic E-state index is 12.8. The van der Waals surface area contributed by atoms with Crippen LogP contribution in [0.3, 0.4) is 0 Å². The van der Waals surface area contributed by atoms with Crippen LogP contribution in [0.2, 0.25) is 19.6 Å². The van der Waals surface area contributed by atoms with E-state index in [-0.39, 0.29) is 11.4 Å². The summed E-state index contributed by atoms with van der Waals surface area (Å²) >= 11 is 0. The van der Waals surface area contributed by atoms with Gasteiger partial charge in [-0.3, -0.25) is 14.9 Å². The number of amides is 1. The first-order valence-corrected chi connectivity index (χ1v) is 12.3. The zero-order valence-corrected chi connectivity index (χ0v) is 17.3. The van der Waals surface area contributed by atoms with Gasteiger partial charge in [0.15, 0.2) is 5.54 Å². The van der Waals surface area contributed by atoms with Gasteiger partial charge >= 0.3 is 6.18 Å². The first kappa shape index (κ1) is 22.0. The van der Waals surface area contributed by atoms with E-state index in [2.05, 4.69) is 35.2 Å². The number of alkyl halides is 3. The van der Waals surface area contributed by atoms with Gasteiger partial charge in [0.05, 0.1) is 25.1 Å². The molecule has 2 atom stereocenters. The third kappa shape index (κ3) is 4.94. The summed E-state index contributed by atoms with van der Waals surface area (Å²) in [4.78, 5) is 23.0. The average Bonchev–Trinajstić information content (AvgIpc) is 2.92. The number of azo groups is 1. The Hall–Kier alpha value is -2.30. The number of rotatable bonds is 5. The summed E-state index contributed by atoms with van der Waals surface area (Å²) in [6.45, 7) is 9.46. The van der Waals surface area contributed by atoms with Crippen molar-refractivity contribution in [1.29, 1.82) is 0 Å². The second kappa shape index (κ2) is 7.26. The van der Waals surface area contributed by atoms with Gasteiger partial charge in [-0.15, -0.1) is 0 Å². The summed E-state index contributed by atoms with van der Waals surface area (Å²) in [6.07, 6.45) is -5.64. The van der Waals surface area contributed by atoms with Gasteiger partial charge in [0.25, 0.3) is 11.6 Å². The van der Waals surface area contributed by atoms with E-state index in [1.54, 1.807) is 6.92 Å². The summed E-state index contributed by atoms with van der Waals surface area (Å²) in [5, 5.41) is 22.1. The number of halogens is 3. The topological polar surface area (TPSA) is 97.0 Å². The van der Waals surface area contributed by atoms with Gasteiger partial charge in [-0.2, -0.15) is 23.4 Å². The minimum Gasteiger partial charge on any atom is -0.324 e. The van der Waals surface area contributed by atoms with Crippen LogP contribution in [0.5, 0.6) is 0 Å². The van der Waals surface area contributed by atoms with Crippen LogP contribution in [0.4, 0.5) is 24.5 Å². The first-order chi connectivity index (χ1) is 12.6. The van der Waals surface area contributed by atoms with E-state index in [4.69, 9.17) is 0 Å². The molecule has 28 heavy (non-hydrogen) atoms. The summed E-state index contributed by atoms with van der Waals surface area (Å²) in [7, 11) is -1.66. The lowest BCUT2D eigenvalue weighted by atomic mass is 9.98. The molecule has 0 bridgehead atoms. The molecule has 1 N–H and O–H groups in total. The Balaban J connectivity index is 2.31. The Morgan fingerprint density at radius 3 is 2.46 bits per heavy atom. The van der Waals surface area contributed by atoms with E-state index in [1.807, 2.05) is 0 Å². The number of hydrogen-bond donors (Lipinski definition) is 1. The van der Waals surface area contributed by atoms with Crippen molar-refractivity contribution in [2.24, 2.45) is 10.2 Å². The van der Waals surface area contributed by atoms with Gasteiger partial charge in [-0.25, -0.2) is 0 Å². The van der Waals surface area contributed by atoms with Crippen LogP contribution in [0, 0.1) is 17.0 Å². The maximum atomic E-state index is 12.8. The molecule has 1 heterocycles. The molecule has 0 saturated carbocycles. The lowest BCUT2D eigenvalue weighted by Crippen LogP contribution is -2.43. The highest BCUT2D eigenvalue weighted by Gasteiger charge is 2.45. The van der Waals surface area contributed by atoms with Crippen molar-refractivity contribution >= 4 is 25.4 Å². The van der Waals surface area contributed by atoms with E-state index in [0.29, 0.717) is 12.0 Å². The molecule has 0 aliphatic carbocycles. The minimum absolute atomic E-state index is 0.0259. The average molecular weight is 416 g/mol. The van der Waals surface area contributed by atoms with Gasteiger partial charge in [-0.1, -0.05) is 19.6 Å². The summed E-state index contributed by atoms with van der Waals surface area (Å²) < 4.78 is 38.4. The predicted octanol–water partition coefficient (Wildman–Crippen LogP) is 4.81. The Morgan fingerprint density at radius 1 is 1.39 bits per heavy atom. The number of hydrogen-bond acceptors (Lipinski definition) is 5. The Morgan fingerprint density at radius 2 is 2.00 bits per heavy atom. The van der Waals surface area contributed by atoms with E-state index in [0.717, 1.165) is 12.1 Å². The van der Waals surface area contributed by atoms with Crippen LogP contribution in [0.15, 0.2) is 22.4 Å². The van der Waals surface area contributed by atoms with Gasteiger partial charge in [0.2, 0.25) is 0 Å². The van der Waals surface area contributed by atoms with Crippen molar-refractivity contribution in [2.45, 2.75) is 63.7 Å². The van der Waals surface area contributed by atoms with Crippen molar-refractivity contribution in [3.05, 3.63) is 33.4 Å². The zero-order valence-electron chi connectivity index (χ0n) is 16.3. The molecule has 0 spiro atoms. The number of anilines is 1. The molecule has 0 radical (unpaired) electrons. The molecule has 1 amide bonds. The molecule has 2 rings (SSSR count). The second-order valence-corrected chi connectivity index (χ2v) is 13.8. The molecule has 11 heteroatoms. The van der Waals surface area contributed by atoms with Crippen molar-refractivity contribution < 1.29 is 22.9 Å².